The van der Waals surface area contributed by atoms with E-state index in [0.29, 0.717) is 11.1 Å². The van der Waals surface area contributed by atoms with Crippen LogP contribution >= 0.6 is 15.9 Å². The van der Waals surface area contributed by atoms with Crippen molar-refractivity contribution in [2.75, 3.05) is 0 Å². The smallest absolute Gasteiger partial charge is 0.303 e. The molecule has 100 valence electrons. The Labute approximate surface area is 117 Å². The summed E-state index contributed by atoms with van der Waals surface area (Å²) in [6, 6.07) is 5.18. The van der Waals surface area contributed by atoms with Crippen LogP contribution in [-0.2, 0) is 9.59 Å². The molecule has 0 radical (unpaired) electrons. The summed E-state index contributed by atoms with van der Waals surface area (Å²) in [7, 11) is 0. The fraction of sp³-hybridized carbons (Fsp3) is 0.231. The molecular weight excluding hydrogens is 316 g/mol. The van der Waals surface area contributed by atoms with Crippen molar-refractivity contribution < 1.29 is 24.2 Å². The van der Waals surface area contributed by atoms with Crippen LogP contribution in [-0.4, -0.2) is 22.2 Å². The molecule has 0 unspecified atom stereocenters. The molecule has 6 heteroatoms. The van der Waals surface area contributed by atoms with Crippen molar-refractivity contribution in [3.8, 4) is 0 Å². The highest BCUT2D eigenvalue weighted by Crippen LogP contribution is 2.34. The maximum atomic E-state index is 10.9. The van der Waals surface area contributed by atoms with Crippen LogP contribution < -0.4 is 0 Å². The number of hydrogen-bond acceptors (Lipinski definition) is 3. The second-order valence-electron chi connectivity index (χ2n) is 4.19. The average Bonchev–Trinajstić information content (AvgIpc) is 2.77. The number of benzene rings is 1. The summed E-state index contributed by atoms with van der Waals surface area (Å²) in [5, 5.41) is 18.6. The van der Waals surface area contributed by atoms with Crippen LogP contribution in [0.25, 0.3) is 11.0 Å². The quantitative estimate of drug-likeness (QED) is 0.880. The highest BCUT2D eigenvalue weighted by molar-refractivity contribution is 9.10. The van der Waals surface area contributed by atoms with Crippen molar-refractivity contribution in [2.45, 2.75) is 18.8 Å². The van der Waals surface area contributed by atoms with Crippen molar-refractivity contribution in [1.82, 2.24) is 0 Å². The predicted octanol–water partition coefficient (Wildman–Crippen LogP) is 3.23. The zero-order valence-corrected chi connectivity index (χ0v) is 11.4. The van der Waals surface area contributed by atoms with Crippen LogP contribution in [0, 0.1) is 0 Å². The molecule has 0 spiro atoms. The van der Waals surface area contributed by atoms with Gasteiger partial charge in [-0.2, -0.15) is 0 Å². The molecule has 1 heterocycles. The second kappa shape index (κ2) is 5.44. The minimum atomic E-state index is -1.02. The SMILES string of the molecule is O=C(O)CC(CC(=O)O)c1ccc(Br)c2occc12. The van der Waals surface area contributed by atoms with Gasteiger partial charge in [-0.25, -0.2) is 0 Å². The summed E-state index contributed by atoms with van der Waals surface area (Å²) in [4.78, 5) is 21.8. The third kappa shape index (κ3) is 2.96. The van der Waals surface area contributed by atoms with Gasteiger partial charge in [0.2, 0.25) is 0 Å². The summed E-state index contributed by atoms with van der Waals surface area (Å²) < 4.78 is 6.06. The molecule has 5 nitrogen and oxygen atoms in total. The van der Waals surface area contributed by atoms with Gasteiger partial charge in [-0.1, -0.05) is 6.07 Å². The van der Waals surface area contributed by atoms with E-state index in [1.54, 1.807) is 18.2 Å². The van der Waals surface area contributed by atoms with Gasteiger partial charge in [0.05, 0.1) is 23.6 Å². The second-order valence-corrected chi connectivity index (χ2v) is 5.05. The van der Waals surface area contributed by atoms with E-state index in [2.05, 4.69) is 15.9 Å². The van der Waals surface area contributed by atoms with Crippen LogP contribution in [0.4, 0.5) is 0 Å². The van der Waals surface area contributed by atoms with Crippen LogP contribution in [0.5, 0.6) is 0 Å². The lowest BCUT2D eigenvalue weighted by molar-refractivity contribution is -0.139. The minimum absolute atomic E-state index is 0.228. The van der Waals surface area contributed by atoms with Gasteiger partial charge in [0.25, 0.3) is 0 Å². The number of hydrogen-bond donors (Lipinski definition) is 2. The number of aliphatic carboxylic acids is 2. The maximum Gasteiger partial charge on any atom is 0.303 e. The van der Waals surface area contributed by atoms with Crippen molar-refractivity contribution in [3.05, 3.63) is 34.5 Å². The highest BCUT2D eigenvalue weighted by Gasteiger charge is 2.22. The normalized spacial score (nSPS) is 11.1. The first kappa shape index (κ1) is 13.6. The summed E-state index contributed by atoms with van der Waals surface area (Å²) in [5.74, 6) is -2.63. The zero-order chi connectivity index (χ0) is 14.0. The molecule has 0 aliphatic carbocycles. The Morgan fingerprint density at radius 3 is 2.37 bits per heavy atom. The summed E-state index contributed by atoms with van der Waals surface area (Å²) in [5.41, 5.74) is 1.27. The third-order valence-electron chi connectivity index (χ3n) is 2.88. The third-order valence-corrected chi connectivity index (χ3v) is 3.51. The lowest BCUT2D eigenvalue weighted by Gasteiger charge is -2.14. The Morgan fingerprint density at radius 2 is 1.79 bits per heavy atom. The van der Waals surface area contributed by atoms with E-state index in [0.717, 1.165) is 9.86 Å². The van der Waals surface area contributed by atoms with Crippen molar-refractivity contribution >= 4 is 38.8 Å². The van der Waals surface area contributed by atoms with Crippen LogP contribution in [0.3, 0.4) is 0 Å². The predicted molar refractivity (Wildman–Crippen MR) is 71.2 cm³/mol. The molecule has 1 aromatic carbocycles. The standard InChI is InChI=1S/C13H11BrO5/c14-10-2-1-8(9-3-4-19-13(9)10)7(5-11(15)16)6-12(17)18/h1-4,7H,5-6H2,(H,15,16)(H,17,18). The molecule has 0 saturated carbocycles. The lowest BCUT2D eigenvalue weighted by Crippen LogP contribution is -2.11. The number of fused-ring (bicyclic) bond motifs is 1. The van der Waals surface area contributed by atoms with Crippen LogP contribution in [0.2, 0.25) is 0 Å². The monoisotopic (exact) mass is 326 g/mol. The van der Waals surface area contributed by atoms with Crippen LogP contribution in [0.1, 0.15) is 24.3 Å². The number of furan rings is 1. The maximum absolute atomic E-state index is 10.9. The largest absolute Gasteiger partial charge is 0.481 e. The first-order chi connectivity index (χ1) is 8.99. The molecule has 0 amide bonds. The Balaban J connectivity index is 2.49. The van der Waals surface area contributed by atoms with E-state index in [4.69, 9.17) is 14.6 Å². The Morgan fingerprint density at radius 1 is 1.16 bits per heavy atom. The molecule has 2 N–H and O–H groups in total. The van der Waals surface area contributed by atoms with Gasteiger partial charge >= 0.3 is 11.9 Å². The number of carboxylic acid groups (broad SMARTS) is 2. The van der Waals surface area contributed by atoms with Crippen molar-refractivity contribution in [3.63, 3.8) is 0 Å². The van der Waals surface area contributed by atoms with Gasteiger partial charge in [-0.05, 0) is 33.6 Å². The van der Waals surface area contributed by atoms with E-state index < -0.39 is 17.9 Å². The molecular formula is C13H11BrO5. The molecule has 2 aromatic rings. The Kier molecular flexibility index (Phi) is 3.90. The zero-order valence-electron chi connectivity index (χ0n) is 9.80. The number of halogens is 1. The molecule has 0 aliphatic heterocycles. The van der Waals surface area contributed by atoms with Crippen molar-refractivity contribution in [2.24, 2.45) is 0 Å². The molecule has 19 heavy (non-hydrogen) atoms. The molecule has 0 fully saturated rings. The Bertz CT molecular complexity index is 615. The molecule has 0 saturated heterocycles. The fourth-order valence-electron chi connectivity index (χ4n) is 2.12. The van der Waals surface area contributed by atoms with E-state index in [-0.39, 0.29) is 12.8 Å². The van der Waals surface area contributed by atoms with Crippen molar-refractivity contribution in [1.29, 1.82) is 0 Å². The van der Waals surface area contributed by atoms with Gasteiger partial charge in [0.1, 0.15) is 5.58 Å². The van der Waals surface area contributed by atoms with Gasteiger partial charge in [0.15, 0.2) is 0 Å². The van der Waals surface area contributed by atoms with Gasteiger partial charge < -0.3 is 14.6 Å². The van der Waals surface area contributed by atoms with Gasteiger partial charge in [-0.15, -0.1) is 0 Å². The summed E-state index contributed by atoms with van der Waals surface area (Å²) >= 11 is 3.33. The Hall–Kier alpha value is -1.82. The summed E-state index contributed by atoms with van der Waals surface area (Å²) in [6.45, 7) is 0. The van der Waals surface area contributed by atoms with E-state index in [1.807, 2.05) is 0 Å². The van der Waals surface area contributed by atoms with Gasteiger partial charge in [-0.3, -0.25) is 9.59 Å². The number of carboxylic acids is 2. The van der Waals surface area contributed by atoms with Gasteiger partial charge in [0, 0.05) is 11.3 Å². The van der Waals surface area contributed by atoms with E-state index >= 15 is 0 Å². The van der Waals surface area contributed by atoms with E-state index in [1.165, 1.54) is 6.26 Å². The van der Waals surface area contributed by atoms with E-state index in [9.17, 15) is 9.59 Å². The molecule has 2 rings (SSSR count). The molecule has 0 bridgehead atoms. The summed E-state index contributed by atoms with van der Waals surface area (Å²) in [6.07, 6.45) is 1.04. The lowest BCUT2D eigenvalue weighted by atomic mass is 9.90. The molecule has 0 atom stereocenters. The first-order valence-corrected chi connectivity index (χ1v) is 6.37. The minimum Gasteiger partial charge on any atom is -0.481 e. The topological polar surface area (TPSA) is 87.7 Å². The first-order valence-electron chi connectivity index (χ1n) is 5.58. The molecule has 0 aliphatic rings. The number of carbonyl (C=O) groups is 2. The highest BCUT2D eigenvalue weighted by atomic mass is 79.9. The number of rotatable bonds is 5. The molecule has 1 aromatic heterocycles. The average molecular weight is 327 g/mol. The van der Waals surface area contributed by atoms with Crippen LogP contribution in [0.15, 0.2) is 33.4 Å². The fourth-order valence-corrected chi connectivity index (χ4v) is 2.56.